The van der Waals surface area contributed by atoms with Gasteiger partial charge in [-0.05, 0) is 32.7 Å². The molecule has 0 aliphatic heterocycles. The molecule has 1 N–H and O–H groups in total. The van der Waals surface area contributed by atoms with Gasteiger partial charge in [0.15, 0.2) is 0 Å². The van der Waals surface area contributed by atoms with E-state index in [1.807, 2.05) is 13.0 Å². The molecule has 14 heavy (non-hydrogen) atoms. The smallest absolute Gasteiger partial charge is 0.322 e. The van der Waals surface area contributed by atoms with Crippen LogP contribution >= 0.6 is 0 Å². The minimum absolute atomic E-state index is 0.195. The third-order valence-electron chi connectivity index (χ3n) is 2.09. The number of rotatable bonds is 8. The summed E-state index contributed by atoms with van der Waals surface area (Å²) < 4.78 is 4.59. The first-order valence-electron chi connectivity index (χ1n) is 5.14. The molecule has 0 aliphatic rings. The van der Waals surface area contributed by atoms with Crippen LogP contribution in [-0.4, -0.2) is 25.7 Å². The highest BCUT2D eigenvalue weighted by Gasteiger charge is 2.10. The van der Waals surface area contributed by atoms with Gasteiger partial charge in [0.25, 0.3) is 0 Å². The molecule has 82 valence electrons. The molecule has 0 rings (SSSR count). The number of carbonyl (C=O) groups is 1. The normalized spacial score (nSPS) is 12.1. The Morgan fingerprint density at radius 3 is 2.79 bits per heavy atom. The zero-order valence-electron chi connectivity index (χ0n) is 9.21. The van der Waals surface area contributed by atoms with E-state index >= 15 is 0 Å². The molecule has 0 aromatic rings. The van der Waals surface area contributed by atoms with Gasteiger partial charge >= 0.3 is 5.97 Å². The topological polar surface area (TPSA) is 38.3 Å². The molecule has 0 saturated heterocycles. The van der Waals surface area contributed by atoms with Gasteiger partial charge in [0.2, 0.25) is 0 Å². The van der Waals surface area contributed by atoms with Gasteiger partial charge in [-0.3, -0.25) is 4.79 Å². The van der Waals surface area contributed by atoms with Crippen molar-refractivity contribution in [3.63, 3.8) is 0 Å². The van der Waals surface area contributed by atoms with Crippen LogP contribution in [-0.2, 0) is 9.53 Å². The molecule has 0 aliphatic carbocycles. The number of methoxy groups -OCH3 is 1. The van der Waals surface area contributed by atoms with Crippen molar-refractivity contribution in [1.29, 1.82) is 0 Å². The highest BCUT2D eigenvalue weighted by molar-refractivity contribution is 5.74. The van der Waals surface area contributed by atoms with E-state index in [0.717, 1.165) is 19.4 Å². The van der Waals surface area contributed by atoms with Crippen molar-refractivity contribution < 1.29 is 9.53 Å². The Labute approximate surface area is 86.5 Å². The Morgan fingerprint density at radius 1 is 1.50 bits per heavy atom. The highest BCUT2D eigenvalue weighted by Crippen LogP contribution is 1.99. The number of ether oxygens (including phenoxy) is 1. The van der Waals surface area contributed by atoms with Gasteiger partial charge < -0.3 is 10.1 Å². The lowest BCUT2D eigenvalue weighted by atomic mass is 10.2. The number of nitrogens with one attached hydrogen (secondary N) is 1. The van der Waals surface area contributed by atoms with Crippen LogP contribution in [0.3, 0.4) is 0 Å². The van der Waals surface area contributed by atoms with Crippen LogP contribution < -0.4 is 5.32 Å². The average molecular weight is 199 g/mol. The summed E-state index contributed by atoms with van der Waals surface area (Å²) in [5.41, 5.74) is 0. The van der Waals surface area contributed by atoms with Gasteiger partial charge in [0, 0.05) is 0 Å². The van der Waals surface area contributed by atoms with Crippen molar-refractivity contribution in [2.75, 3.05) is 13.7 Å². The van der Waals surface area contributed by atoms with Crippen molar-refractivity contribution in [2.45, 2.75) is 38.6 Å². The second-order valence-electron chi connectivity index (χ2n) is 3.34. The molecule has 0 heterocycles. The molecule has 0 aromatic heterocycles. The van der Waals surface area contributed by atoms with Crippen molar-refractivity contribution >= 4 is 5.97 Å². The van der Waals surface area contributed by atoms with Gasteiger partial charge in [-0.25, -0.2) is 0 Å². The summed E-state index contributed by atoms with van der Waals surface area (Å²) in [5, 5.41) is 3.11. The van der Waals surface area contributed by atoms with E-state index in [2.05, 4.69) is 16.6 Å². The largest absolute Gasteiger partial charge is 0.468 e. The molecule has 0 fully saturated rings. The second kappa shape index (κ2) is 8.75. The molecule has 3 heteroatoms. The minimum atomic E-state index is -0.198. The summed E-state index contributed by atoms with van der Waals surface area (Å²) in [4.78, 5) is 11.0. The maximum atomic E-state index is 11.0. The lowest BCUT2D eigenvalue weighted by Crippen LogP contribution is -2.35. The number of esters is 1. The fourth-order valence-electron chi connectivity index (χ4n) is 1.17. The Morgan fingerprint density at radius 2 is 2.21 bits per heavy atom. The standard InChI is InChI=1S/C11H21NO2/c1-4-5-6-7-8-9-12-10(2)11(13)14-3/h4,10,12H,1,5-9H2,2-3H3. The van der Waals surface area contributed by atoms with E-state index in [1.54, 1.807) is 0 Å². The summed E-state index contributed by atoms with van der Waals surface area (Å²) in [5.74, 6) is -0.198. The second-order valence-corrected chi connectivity index (χ2v) is 3.34. The first-order chi connectivity index (χ1) is 6.72. The van der Waals surface area contributed by atoms with Crippen LogP contribution in [0.15, 0.2) is 12.7 Å². The number of allylic oxidation sites excluding steroid dienone is 1. The minimum Gasteiger partial charge on any atom is -0.468 e. The van der Waals surface area contributed by atoms with Gasteiger partial charge in [-0.1, -0.05) is 12.5 Å². The van der Waals surface area contributed by atoms with Gasteiger partial charge in [0.05, 0.1) is 7.11 Å². The molecular weight excluding hydrogens is 178 g/mol. The van der Waals surface area contributed by atoms with Crippen LogP contribution in [0.2, 0.25) is 0 Å². The summed E-state index contributed by atoms with van der Waals surface area (Å²) in [6, 6.07) is -0.195. The van der Waals surface area contributed by atoms with Gasteiger partial charge in [0.1, 0.15) is 6.04 Å². The van der Waals surface area contributed by atoms with Crippen molar-refractivity contribution in [2.24, 2.45) is 0 Å². The van der Waals surface area contributed by atoms with Crippen LogP contribution in [0.4, 0.5) is 0 Å². The lowest BCUT2D eigenvalue weighted by Gasteiger charge is -2.10. The molecule has 1 atom stereocenters. The van der Waals surface area contributed by atoms with E-state index in [4.69, 9.17) is 0 Å². The first kappa shape index (κ1) is 13.2. The number of hydrogen-bond acceptors (Lipinski definition) is 3. The third kappa shape index (κ3) is 6.66. The molecule has 0 radical (unpaired) electrons. The predicted molar refractivity (Wildman–Crippen MR) is 58.1 cm³/mol. The lowest BCUT2D eigenvalue weighted by molar-refractivity contribution is -0.142. The summed E-state index contributed by atoms with van der Waals surface area (Å²) >= 11 is 0. The molecule has 0 spiro atoms. The third-order valence-corrected chi connectivity index (χ3v) is 2.09. The average Bonchev–Trinajstić information content (AvgIpc) is 2.21. The molecule has 3 nitrogen and oxygen atoms in total. The maximum absolute atomic E-state index is 11.0. The molecule has 0 saturated carbocycles. The Hall–Kier alpha value is -0.830. The summed E-state index contributed by atoms with van der Waals surface area (Å²) in [6.45, 7) is 6.35. The van der Waals surface area contributed by atoms with Crippen molar-refractivity contribution in [3.8, 4) is 0 Å². The molecule has 1 unspecified atom stereocenters. The zero-order chi connectivity index (χ0) is 10.8. The molecule has 0 bridgehead atoms. The molecular formula is C11H21NO2. The molecule has 0 aromatic carbocycles. The highest BCUT2D eigenvalue weighted by atomic mass is 16.5. The van der Waals surface area contributed by atoms with E-state index < -0.39 is 0 Å². The van der Waals surface area contributed by atoms with Gasteiger partial charge in [-0.2, -0.15) is 0 Å². The van der Waals surface area contributed by atoms with E-state index in [-0.39, 0.29) is 12.0 Å². The maximum Gasteiger partial charge on any atom is 0.322 e. The zero-order valence-corrected chi connectivity index (χ0v) is 9.21. The van der Waals surface area contributed by atoms with E-state index in [0.29, 0.717) is 0 Å². The number of unbranched alkanes of at least 4 members (excludes halogenated alkanes) is 3. The van der Waals surface area contributed by atoms with Crippen LogP contribution in [0.25, 0.3) is 0 Å². The van der Waals surface area contributed by atoms with Crippen molar-refractivity contribution in [1.82, 2.24) is 5.32 Å². The van der Waals surface area contributed by atoms with Crippen LogP contribution in [0, 0.1) is 0 Å². The van der Waals surface area contributed by atoms with E-state index in [1.165, 1.54) is 20.0 Å². The van der Waals surface area contributed by atoms with Crippen molar-refractivity contribution in [3.05, 3.63) is 12.7 Å². The van der Waals surface area contributed by atoms with E-state index in [9.17, 15) is 4.79 Å². The Kier molecular flexibility index (Phi) is 8.24. The first-order valence-corrected chi connectivity index (χ1v) is 5.14. The number of hydrogen-bond donors (Lipinski definition) is 1. The summed E-state index contributed by atoms with van der Waals surface area (Å²) in [7, 11) is 1.41. The Balaban J connectivity index is 3.27. The predicted octanol–water partition coefficient (Wildman–Crippen LogP) is 1.88. The summed E-state index contributed by atoms with van der Waals surface area (Å²) in [6.07, 6.45) is 6.46. The number of carbonyl (C=O) groups excluding carboxylic acids is 1. The fourth-order valence-corrected chi connectivity index (χ4v) is 1.17. The van der Waals surface area contributed by atoms with Crippen LogP contribution in [0.5, 0.6) is 0 Å². The monoisotopic (exact) mass is 199 g/mol. The Bertz CT molecular complexity index is 169. The fraction of sp³-hybridized carbons (Fsp3) is 0.727. The quantitative estimate of drug-likeness (QED) is 0.368. The van der Waals surface area contributed by atoms with Gasteiger partial charge in [-0.15, -0.1) is 6.58 Å². The van der Waals surface area contributed by atoms with Crippen LogP contribution in [0.1, 0.15) is 32.6 Å². The molecule has 0 amide bonds. The SMILES string of the molecule is C=CCCCCCNC(C)C(=O)OC.